The van der Waals surface area contributed by atoms with Crippen molar-refractivity contribution in [2.24, 2.45) is 0 Å². The van der Waals surface area contributed by atoms with Gasteiger partial charge in [0, 0.05) is 19.2 Å². The zero-order valence-electron chi connectivity index (χ0n) is 9.54. The van der Waals surface area contributed by atoms with Crippen LogP contribution in [-0.2, 0) is 11.3 Å². The van der Waals surface area contributed by atoms with Crippen LogP contribution in [0.15, 0.2) is 12.1 Å². The third-order valence-electron chi connectivity index (χ3n) is 3.02. The van der Waals surface area contributed by atoms with Gasteiger partial charge in [-0.15, -0.1) is 0 Å². The maximum atomic E-state index is 13.1. The molecule has 1 heterocycles. The van der Waals surface area contributed by atoms with E-state index in [4.69, 9.17) is 9.84 Å². The van der Waals surface area contributed by atoms with E-state index >= 15 is 0 Å². The van der Waals surface area contributed by atoms with E-state index in [0.29, 0.717) is 18.7 Å². The summed E-state index contributed by atoms with van der Waals surface area (Å²) in [7, 11) is 0. The van der Waals surface area contributed by atoms with Gasteiger partial charge in [0.25, 0.3) is 0 Å². The second kappa shape index (κ2) is 4.98. The molecule has 1 aliphatic heterocycles. The summed E-state index contributed by atoms with van der Waals surface area (Å²) in [5.74, 6) is -2.79. The number of phenols is 1. The maximum absolute atomic E-state index is 13.1. The molecule has 0 aliphatic carbocycles. The summed E-state index contributed by atoms with van der Waals surface area (Å²) in [6, 6.07) is 2.47. The van der Waals surface area contributed by atoms with Gasteiger partial charge in [0.15, 0.2) is 17.4 Å². The van der Waals surface area contributed by atoms with Crippen LogP contribution in [-0.4, -0.2) is 23.9 Å². The molecule has 0 aromatic heterocycles. The molecule has 0 saturated carbocycles. The topological polar surface area (TPSA) is 41.5 Å². The van der Waals surface area contributed by atoms with Crippen molar-refractivity contribution in [3.8, 4) is 5.75 Å². The van der Waals surface area contributed by atoms with Crippen molar-refractivity contribution in [2.75, 3.05) is 6.61 Å². The number of nitrogens with one attached hydrogen (secondary N) is 1. The van der Waals surface area contributed by atoms with Crippen LogP contribution in [0, 0.1) is 11.6 Å². The summed E-state index contributed by atoms with van der Waals surface area (Å²) in [6.45, 7) is 3.02. The first kappa shape index (κ1) is 12.3. The van der Waals surface area contributed by atoms with Gasteiger partial charge in [-0.05, 0) is 31.0 Å². The van der Waals surface area contributed by atoms with Crippen LogP contribution in [0.4, 0.5) is 8.78 Å². The van der Waals surface area contributed by atoms with Gasteiger partial charge in [-0.25, -0.2) is 8.78 Å². The number of halogens is 2. The van der Waals surface area contributed by atoms with Crippen LogP contribution in [0.5, 0.6) is 5.75 Å². The molecule has 0 amide bonds. The maximum Gasteiger partial charge on any atom is 0.187 e. The molecule has 1 aromatic rings. The van der Waals surface area contributed by atoms with E-state index in [2.05, 4.69) is 5.32 Å². The van der Waals surface area contributed by atoms with Crippen LogP contribution in [0.25, 0.3) is 0 Å². The van der Waals surface area contributed by atoms with Crippen molar-refractivity contribution in [3.63, 3.8) is 0 Å². The van der Waals surface area contributed by atoms with E-state index in [1.807, 2.05) is 6.92 Å². The normalized spacial score (nSPS) is 24.2. The predicted molar refractivity (Wildman–Crippen MR) is 58.7 cm³/mol. The molecule has 94 valence electrons. The molecule has 2 rings (SSSR count). The average molecular weight is 243 g/mol. The van der Waals surface area contributed by atoms with Crippen molar-refractivity contribution in [3.05, 3.63) is 29.3 Å². The lowest BCUT2D eigenvalue weighted by Gasteiger charge is -2.16. The van der Waals surface area contributed by atoms with Crippen LogP contribution < -0.4 is 5.32 Å². The summed E-state index contributed by atoms with van der Waals surface area (Å²) in [4.78, 5) is 0. The number of aromatic hydroxyl groups is 1. The SMILES string of the molecule is CC1OCCC1NCc1cc(F)c(O)c(F)c1. The molecule has 0 radical (unpaired) electrons. The van der Waals surface area contributed by atoms with Crippen LogP contribution in [0.2, 0.25) is 0 Å². The molecule has 5 heteroatoms. The van der Waals surface area contributed by atoms with E-state index in [-0.39, 0.29) is 12.1 Å². The minimum Gasteiger partial charge on any atom is -0.503 e. The Hall–Kier alpha value is -1.20. The quantitative estimate of drug-likeness (QED) is 0.852. The summed E-state index contributed by atoms with van der Waals surface area (Å²) in [5, 5.41) is 12.1. The van der Waals surface area contributed by atoms with Crippen molar-refractivity contribution in [2.45, 2.75) is 32.0 Å². The standard InChI is InChI=1S/C12H15F2NO2/c1-7-11(2-3-17-7)15-6-8-4-9(13)12(16)10(14)5-8/h4-5,7,11,15-16H,2-3,6H2,1H3. The van der Waals surface area contributed by atoms with Gasteiger partial charge in [0.05, 0.1) is 6.10 Å². The van der Waals surface area contributed by atoms with Gasteiger partial charge in [-0.2, -0.15) is 0 Å². The van der Waals surface area contributed by atoms with Gasteiger partial charge >= 0.3 is 0 Å². The van der Waals surface area contributed by atoms with Gasteiger partial charge in [0.2, 0.25) is 0 Å². The van der Waals surface area contributed by atoms with E-state index < -0.39 is 17.4 Å². The van der Waals surface area contributed by atoms with Gasteiger partial charge in [-0.3, -0.25) is 0 Å². The molecule has 1 fully saturated rings. The lowest BCUT2D eigenvalue weighted by Crippen LogP contribution is -2.34. The van der Waals surface area contributed by atoms with Crippen molar-refractivity contribution < 1.29 is 18.6 Å². The molecule has 2 N–H and O–H groups in total. The Labute approximate surface area is 98.4 Å². The fraction of sp³-hybridized carbons (Fsp3) is 0.500. The Bertz CT molecular complexity index is 388. The van der Waals surface area contributed by atoms with Crippen molar-refractivity contribution >= 4 is 0 Å². The highest BCUT2D eigenvalue weighted by molar-refractivity contribution is 5.30. The molecular weight excluding hydrogens is 228 g/mol. The highest BCUT2D eigenvalue weighted by atomic mass is 19.1. The van der Waals surface area contributed by atoms with Crippen molar-refractivity contribution in [1.82, 2.24) is 5.32 Å². The van der Waals surface area contributed by atoms with E-state index in [1.165, 1.54) is 0 Å². The summed E-state index contributed by atoms with van der Waals surface area (Å²) in [5.41, 5.74) is 0.469. The number of benzene rings is 1. The average Bonchev–Trinajstić information content (AvgIpc) is 2.69. The fourth-order valence-electron chi connectivity index (χ4n) is 1.97. The van der Waals surface area contributed by atoms with Crippen molar-refractivity contribution in [1.29, 1.82) is 0 Å². The first-order valence-corrected chi connectivity index (χ1v) is 5.60. The third-order valence-corrected chi connectivity index (χ3v) is 3.02. The Morgan fingerprint density at radius 2 is 2.06 bits per heavy atom. The molecule has 0 spiro atoms. The fourth-order valence-corrected chi connectivity index (χ4v) is 1.97. The number of hydrogen-bond acceptors (Lipinski definition) is 3. The monoisotopic (exact) mass is 243 g/mol. The first-order chi connectivity index (χ1) is 8.08. The number of hydrogen-bond donors (Lipinski definition) is 2. The largest absolute Gasteiger partial charge is 0.503 e. The Morgan fingerprint density at radius 1 is 1.41 bits per heavy atom. The second-order valence-electron chi connectivity index (χ2n) is 4.26. The van der Waals surface area contributed by atoms with Gasteiger partial charge in [-0.1, -0.05) is 0 Å². The molecule has 0 bridgehead atoms. The molecule has 1 aromatic carbocycles. The predicted octanol–water partition coefficient (Wildman–Crippen LogP) is 1.94. The molecular formula is C12H15F2NO2. The molecule has 1 saturated heterocycles. The first-order valence-electron chi connectivity index (χ1n) is 5.60. The molecule has 2 unspecified atom stereocenters. The van der Waals surface area contributed by atoms with E-state index in [9.17, 15) is 8.78 Å². The molecule has 1 aliphatic rings. The lowest BCUT2D eigenvalue weighted by atomic mass is 10.1. The van der Waals surface area contributed by atoms with Gasteiger partial charge < -0.3 is 15.2 Å². The minimum atomic E-state index is -0.933. The molecule has 2 atom stereocenters. The molecule has 3 nitrogen and oxygen atoms in total. The van der Waals surface area contributed by atoms with Gasteiger partial charge in [0.1, 0.15) is 0 Å². The minimum absolute atomic E-state index is 0.113. The summed E-state index contributed by atoms with van der Waals surface area (Å²) < 4.78 is 31.5. The lowest BCUT2D eigenvalue weighted by molar-refractivity contribution is 0.113. The van der Waals surface area contributed by atoms with Crippen LogP contribution in [0.3, 0.4) is 0 Å². The zero-order chi connectivity index (χ0) is 12.4. The van der Waals surface area contributed by atoms with Crippen LogP contribution >= 0.6 is 0 Å². The third kappa shape index (κ3) is 2.73. The number of ether oxygens (including phenoxy) is 1. The number of rotatable bonds is 3. The number of phenolic OH excluding ortho intramolecular Hbond substituents is 1. The molecule has 17 heavy (non-hydrogen) atoms. The summed E-state index contributed by atoms with van der Waals surface area (Å²) in [6.07, 6.45) is 1.01. The zero-order valence-corrected chi connectivity index (χ0v) is 9.54. The van der Waals surface area contributed by atoms with Crippen LogP contribution in [0.1, 0.15) is 18.9 Å². The second-order valence-corrected chi connectivity index (χ2v) is 4.26. The van der Waals surface area contributed by atoms with E-state index in [0.717, 1.165) is 18.6 Å². The Morgan fingerprint density at radius 3 is 2.59 bits per heavy atom. The Balaban J connectivity index is 1.99. The van der Waals surface area contributed by atoms with E-state index in [1.54, 1.807) is 0 Å². The Kier molecular flexibility index (Phi) is 3.59. The smallest absolute Gasteiger partial charge is 0.187 e. The highest BCUT2D eigenvalue weighted by Crippen LogP contribution is 2.21. The highest BCUT2D eigenvalue weighted by Gasteiger charge is 2.23. The summed E-state index contributed by atoms with van der Waals surface area (Å²) >= 11 is 0.